The number of hydrogen-bond acceptors (Lipinski definition) is 3. The minimum atomic E-state index is 0.462. The zero-order chi connectivity index (χ0) is 12.7. The first-order valence-electron chi connectivity index (χ1n) is 7.22. The van der Waals surface area contributed by atoms with Crippen molar-refractivity contribution in [1.82, 2.24) is 5.32 Å². The van der Waals surface area contributed by atoms with Gasteiger partial charge in [0.15, 0.2) is 0 Å². The van der Waals surface area contributed by atoms with Crippen molar-refractivity contribution in [2.45, 2.75) is 50.5 Å². The molecule has 2 bridgehead atoms. The SMILES string of the molecule is c1ccc2sc(COC3CC4CCC(C3)N4)cc2c1. The average Bonchev–Trinajstić information content (AvgIpc) is 2.99. The van der Waals surface area contributed by atoms with E-state index in [4.69, 9.17) is 4.74 Å². The minimum absolute atomic E-state index is 0.462. The first kappa shape index (κ1) is 11.9. The van der Waals surface area contributed by atoms with E-state index >= 15 is 0 Å². The first-order valence-corrected chi connectivity index (χ1v) is 8.03. The van der Waals surface area contributed by atoms with E-state index in [0.29, 0.717) is 18.2 Å². The molecule has 1 aromatic heterocycles. The van der Waals surface area contributed by atoms with Crippen molar-refractivity contribution >= 4 is 21.4 Å². The lowest BCUT2D eigenvalue weighted by Crippen LogP contribution is -2.41. The third kappa shape index (κ3) is 2.42. The zero-order valence-electron chi connectivity index (χ0n) is 11.0. The summed E-state index contributed by atoms with van der Waals surface area (Å²) in [6.45, 7) is 0.781. The molecule has 4 rings (SSSR count). The number of benzene rings is 1. The molecule has 0 amide bonds. The molecule has 0 spiro atoms. The Bertz CT molecular complexity index is 534. The van der Waals surface area contributed by atoms with E-state index in [-0.39, 0.29) is 0 Å². The molecule has 2 unspecified atom stereocenters. The molecule has 100 valence electrons. The summed E-state index contributed by atoms with van der Waals surface area (Å²) in [6, 6.07) is 12.3. The highest BCUT2D eigenvalue weighted by Crippen LogP contribution is 2.30. The fourth-order valence-corrected chi connectivity index (χ4v) is 4.44. The second-order valence-electron chi connectivity index (χ2n) is 5.79. The van der Waals surface area contributed by atoms with Crippen molar-refractivity contribution in [2.75, 3.05) is 0 Å². The largest absolute Gasteiger partial charge is 0.373 e. The lowest BCUT2D eigenvalue weighted by molar-refractivity contribution is 0.0105. The van der Waals surface area contributed by atoms with Crippen LogP contribution in [0.1, 0.15) is 30.6 Å². The van der Waals surface area contributed by atoms with E-state index in [2.05, 4.69) is 35.6 Å². The number of ether oxygens (including phenoxy) is 1. The van der Waals surface area contributed by atoms with Gasteiger partial charge in [-0.3, -0.25) is 0 Å². The molecule has 2 fully saturated rings. The Balaban J connectivity index is 1.41. The molecule has 19 heavy (non-hydrogen) atoms. The number of piperidine rings is 1. The molecule has 2 saturated heterocycles. The van der Waals surface area contributed by atoms with Crippen LogP contribution in [0, 0.1) is 0 Å². The molecular formula is C16H19NOS. The number of hydrogen-bond donors (Lipinski definition) is 1. The topological polar surface area (TPSA) is 21.3 Å². The smallest absolute Gasteiger partial charge is 0.0813 e. The van der Waals surface area contributed by atoms with Crippen LogP contribution in [0.3, 0.4) is 0 Å². The monoisotopic (exact) mass is 273 g/mol. The summed E-state index contributed by atoms with van der Waals surface area (Å²) in [5, 5.41) is 5.01. The normalized spacial score (nSPS) is 30.0. The molecule has 1 aromatic carbocycles. The van der Waals surface area contributed by atoms with Crippen LogP contribution in [-0.4, -0.2) is 18.2 Å². The van der Waals surface area contributed by atoms with Gasteiger partial charge in [-0.05, 0) is 43.2 Å². The Hall–Kier alpha value is -0.900. The van der Waals surface area contributed by atoms with Gasteiger partial charge in [-0.2, -0.15) is 0 Å². The predicted molar refractivity (Wildman–Crippen MR) is 79.6 cm³/mol. The summed E-state index contributed by atoms with van der Waals surface area (Å²) in [5.41, 5.74) is 0. The Morgan fingerprint density at radius 1 is 1.16 bits per heavy atom. The Kier molecular flexibility index (Phi) is 3.06. The van der Waals surface area contributed by atoms with Crippen LogP contribution in [0.15, 0.2) is 30.3 Å². The average molecular weight is 273 g/mol. The molecule has 3 heteroatoms. The van der Waals surface area contributed by atoms with Crippen molar-refractivity contribution in [3.8, 4) is 0 Å². The van der Waals surface area contributed by atoms with Crippen LogP contribution < -0.4 is 5.32 Å². The van der Waals surface area contributed by atoms with E-state index < -0.39 is 0 Å². The molecule has 0 radical (unpaired) electrons. The fourth-order valence-electron chi connectivity index (χ4n) is 3.45. The summed E-state index contributed by atoms with van der Waals surface area (Å²) in [6.07, 6.45) is 5.54. The van der Waals surface area contributed by atoms with E-state index in [1.165, 1.54) is 40.6 Å². The number of nitrogens with one attached hydrogen (secondary N) is 1. The summed E-state index contributed by atoms with van der Waals surface area (Å²) < 4.78 is 7.52. The number of fused-ring (bicyclic) bond motifs is 3. The maximum absolute atomic E-state index is 6.15. The van der Waals surface area contributed by atoms with Crippen LogP contribution in [0.5, 0.6) is 0 Å². The fraction of sp³-hybridized carbons (Fsp3) is 0.500. The van der Waals surface area contributed by atoms with Crippen molar-refractivity contribution in [2.24, 2.45) is 0 Å². The van der Waals surface area contributed by atoms with Crippen molar-refractivity contribution in [1.29, 1.82) is 0 Å². The van der Waals surface area contributed by atoms with Crippen LogP contribution >= 0.6 is 11.3 Å². The summed E-state index contributed by atoms with van der Waals surface area (Å²) in [7, 11) is 0. The molecule has 0 aliphatic carbocycles. The van der Waals surface area contributed by atoms with Gasteiger partial charge < -0.3 is 10.1 Å². The third-order valence-electron chi connectivity index (χ3n) is 4.37. The summed E-state index contributed by atoms with van der Waals surface area (Å²) >= 11 is 1.86. The van der Waals surface area contributed by atoms with E-state index in [9.17, 15) is 0 Å². The van der Waals surface area contributed by atoms with Gasteiger partial charge in [-0.25, -0.2) is 0 Å². The van der Waals surface area contributed by atoms with Crippen LogP contribution in [0.4, 0.5) is 0 Å². The number of rotatable bonds is 3. The molecule has 2 nitrogen and oxygen atoms in total. The first-order chi connectivity index (χ1) is 9.37. The van der Waals surface area contributed by atoms with Gasteiger partial charge in [0.05, 0.1) is 12.7 Å². The molecular weight excluding hydrogens is 254 g/mol. The van der Waals surface area contributed by atoms with Crippen LogP contribution in [0.25, 0.3) is 10.1 Å². The minimum Gasteiger partial charge on any atom is -0.373 e. The van der Waals surface area contributed by atoms with Crippen molar-refractivity contribution in [3.05, 3.63) is 35.2 Å². The lowest BCUT2D eigenvalue weighted by atomic mass is 10.0. The quantitative estimate of drug-likeness (QED) is 0.920. The van der Waals surface area contributed by atoms with Crippen molar-refractivity contribution < 1.29 is 4.74 Å². The Labute approximate surface area is 117 Å². The van der Waals surface area contributed by atoms with Crippen molar-refractivity contribution in [3.63, 3.8) is 0 Å². The lowest BCUT2D eigenvalue weighted by Gasteiger charge is -2.28. The number of thiophene rings is 1. The Morgan fingerprint density at radius 3 is 2.74 bits per heavy atom. The van der Waals surface area contributed by atoms with Crippen LogP contribution in [-0.2, 0) is 11.3 Å². The highest BCUT2D eigenvalue weighted by molar-refractivity contribution is 7.19. The second-order valence-corrected chi connectivity index (χ2v) is 6.96. The van der Waals surface area contributed by atoms with Gasteiger partial charge >= 0.3 is 0 Å². The molecule has 0 saturated carbocycles. The molecule has 2 aromatic rings. The zero-order valence-corrected chi connectivity index (χ0v) is 11.8. The van der Waals surface area contributed by atoms with Gasteiger partial charge in [0.1, 0.15) is 0 Å². The maximum Gasteiger partial charge on any atom is 0.0813 e. The highest BCUT2D eigenvalue weighted by atomic mass is 32.1. The highest BCUT2D eigenvalue weighted by Gasteiger charge is 2.33. The van der Waals surface area contributed by atoms with Gasteiger partial charge in [0.25, 0.3) is 0 Å². The van der Waals surface area contributed by atoms with E-state index in [0.717, 1.165) is 6.61 Å². The van der Waals surface area contributed by atoms with Gasteiger partial charge in [-0.15, -0.1) is 11.3 Å². The molecule has 2 atom stereocenters. The maximum atomic E-state index is 6.15. The third-order valence-corrected chi connectivity index (χ3v) is 5.46. The predicted octanol–water partition coefficient (Wildman–Crippen LogP) is 3.70. The van der Waals surface area contributed by atoms with Gasteiger partial charge in [0.2, 0.25) is 0 Å². The van der Waals surface area contributed by atoms with E-state index in [1.807, 2.05) is 11.3 Å². The van der Waals surface area contributed by atoms with Gasteiger partial charge in [-0.1, -0.05) is 18.2 Å². The molecule has 2 aliphatic heterocycles. The molecule has 2 aliphatic rings. The molecule has 3 heterocycles. The second kappa shape index (κ2) is 4.89. The molecule has 1 N–H and O–H groups in total. The Morgan fingerprint density at radius 2 is 1.95 bits per heavy atom. The standard InChI is InChI=1S/C16H19NOS/c1-2-4-16-11(3-1)7-15(19-16)10-18-14-8-12-5-6-13(9-14)17-12/h1-4,7,12-14,17H,5-6,8-10H2. The van der Waals surface area contributed by atoms with E-state index in [1.54, 1.807) is 0 Å². The summed E-state index contributed by atoms with van der Waals surface area (Å²) in [4.78, 5) is 1.35. The van der Waals surface area contributed by atoms with Crippen LogP contribution in [0.2, 0.25) is 0 Å². The summed E-state index contributed by atoms with van der Waals surface area (Å²) in [5.74, 6) is 0. The van der Waals surface area contributed by atoms with Gasteiger partial charge in [0, 0.05) is 21.7 Å².